The van der Waals surface area contributed by atoms with Gasteiger partial charge in [0.25, 0.3) is 0 Å². The van der Waals surface area contributed by atoms with Crippen LogP contribution in [0.2, 0.25) is 0 Å². The zero-order valence-electron chi connectivity index (χ0n) is 21.6. The quantitative estimate of drug-likeness (QED) is 0.440. The number of methoxy groups -OCH3 is 1. The summed E-state index contributed by atoms with van der Waals surface area (Å²) in [6.45, 7) is 1.41. The van der Waals surface area contributed by atoms with Gasteiger partial charge in [-0.15, -0.1) is 0 Å². The Bertz CT molecular complexity index is 1550. The number of fused-ring (bicyclic) bond motifs is 1. The van der Waals surface area contributed by atoms with Gasteiger partial charge in [0.2, 0.25) is 0 Å². The molecule has 8 nitrogen and oxygen atoms in total. The van der Waals surface area contributed by atoms with Crippen LogP contribution in [0.1, 0.15) is 42.3 Å². The lowest BCUT2D eigenvalue weighted by Crippen LogP contribution is -2.41. The highest BCUT2D eigenvalue weighted by atomic mass is 32.2. The molecule has 2 atom stereocenters. The Morgan fingerprint density at radius 1 is 1.31 bits per heavy atom. The monoisotopic (exact) mass is 562 g/mol. The molecule has 5 rings (SSSR count). The van der Waals surface area contributed by atoms with Crippen LogP contribution in [0.25, 0.3) is 5.65 Å². The maximum atomic E-state index is 13.6. The van der Waals surface area contributed by atoms with E-state index in [1.165, 1.54) is 23.6 Å². The second-order valence-electron chi connectivity index (χ2n) is 9.96. The molecule has 2 aliphatic rings. The molecule has 0 bridgehead atoms. The lowest BCUT2D eigenvalue weighted by atomic mass is 9.97. The average Bonchev–Trinajstić information content (AvgIpc) is 3.60. The lowest BCUT2D eigenvalue weighted by Gasteiger charge is -2.23. The van der Waals surface area contributed by atoms with Gasteiger partial charge in [0, 0.05) is 42.3 Å². The van der Waals surface area contributed by atoms with Crippen molar-refractivity contribution < 1.29 is 31.1 Å². The second kappa shape index (κ2) is 10.4. The van der Waals surface area contributed by atoms with E-state index in [1.807, 2.05) is 6.07 Å². The first-order valence-electron chi connectivity index (χ1n) is 12.5. The number of imidazole rings is 1. The van der Waals surface area contributed by atoms with Crippen LogP contribution in [0, 0.1) is 11.8 Å². The number of halogens is 3. The van der Waals surface area contributed by atoms with Crippen molar-refractivity contribution >= 4 is 21.2 Å². The van der Waals surface area contributed by atoms with Gasteiger partial charge in [0.15, 0.2) is 9.84 Å². The number of hydrogen-bond acceptors (Lipinski definition) is 7. The Hall–Kier alpha value is -3.27. The molecule has 1 spiro atoms. The minimum Gasteiger partial charge on any atom is -0.495 e. The van der Waals surface area contributed by atoms with Gasteiger partial charge in [0.05, 0.1) is 43.0 Å². The van der Waals surface area contributed by atoms with Crippen molar-refractivity contribution in [2.75, 3.05) is 38.4 Å². The number of nitrogens with one attached hydrogen (secondary N) is 2. The average molecular weight is 563 g/mol. The Balaban J connectivity index is 1.42. The molecule has 39 heavy (non-hydrogen) atoms. The fourth-order valence-corrected chi connectivity index (χ4v) is 5.91. The van der Waals surface area contributed by atoms with Crippen LogP contribution in [0.4, 0.5) is 18.9 Å². The fourth-order valence-electron chi connectivity index (χ4n) is 5.27. The molecule has 0 unspecified atom stereocenters. The van der Waals surface area contributed by atoms with E-state index in [0.29, 0.717) is 30.3 Å². The zero-order chi connectivity index (χ0) is 27.8. The number of pyridine rings is 1. The third-order valence-corrected chi connectivity index (χ3v) is 8.30. The summed E-state index contributed by atoms with van der Waals surface area (Å²) in [5.41, 5.74) is 1.77. The third kappa shape index (κ3) is 5.85. The molecule has 0 saturated carbocycles. The first-order chi connectivity index (χ1) is 18.5. The fraction of sp³-hybridized carbons (Fsp3) is 0.444. The summed E-state index contributed by atoms with van der Waals surface area (Å²) in [6.07, 6.45) is -0.224. The van der Waals surface area contributed by atoms with E-state index >= 15 is 0 Å². The lowest BCUT2D eigenvalue weighted by molar-refractivity contribution is -0.128. The van der Waals surface area contributed by atoms with E-state index in [1.54, 1.807) is 18.3 Å². The number of sulfone groups is 1. The molecular formula is C27H29F3N4O4S. The van der Waals surface area contributed by atoms with Crippen LogP contribution in [-0.4, -0.2) is 62.6 Å². The largest absolute Gasteiger partial charge is 0.495 e. The number of ether oxygens (including phenoxy) is 2. The summed E-state index contributed by atoms with van der Waals surface area (Å²) >= 11 is 0. The third-order valence-electron chi connectivity index (χ3n) is 7.19. The van der Waals surface area contributed by atoms with Crippen LogP contribution in [0.5, 0.6) is 5.75 Å². The van der Waals surface area contributed by atoms with Crippen molar-refractivity contribution in [1.29, 1.82) is 0 Å². The Morgan fingerprint density at radius 2 is 2.13 bits per heavy atom. The Morgan fingerprint density at radius 3 is 2.82 bits per heavy atom. The number of alkyl halides is 3. The summed E-state index contributed by atoms with van der Waals surface area (Å²) in [5, 5.41) is 6.68. The van der Waals surface area contributed by atoms with E-state index in [0.717, 1.165) is 31.1 Å². The topological polar surface area (TPSA) is 94.0 Å². The maximum Gasteiger partial charge on any atom is 0.394 e. The molecule has 2 fully saturated rings. The highest BCUT2D eigenvalue weighted by Crippen LogP contribution is 2.39. The van der Waals surface area contributed by atoms with Gasteiger partial charge in [-0.05, 0) is 43.4 Å². The van der Waals surface area contributed by atoms with Crippen LogP contribution in [0.15, 0.2) is 41.4 Å². The van der Waals surface area contributed by atoms with Crippen molar-refractivity contribution in [1.82, 2.24) is 14.7 Å². The molecule has 208 valence electrons. The molecular weight excluding hydrogens is 533 g/mol. The first kappa shape index (κ1) is 27.3. The number of hydrogen-bond donors (Lipinski definition) is 2. The van der Waals surface area contributed by atoms with Crippen molar-refractivity contribution in [3.63, 3.8) is 0 Å². The van der Waals surface area contributed by atoms with E-state index in [4.69, 9.17) is 9.47 Å². The van der Waals surface area contributed by atoms with Gasteiger partial charge in [0.1, 0.15) is 17.1 Å². The molecule has 3 aromatic rings. The summed E-state index contributed by atoms with van der Waals surface area (Å²) in [4.78, 5) is 4.68. The summed E-state index contributed by atoms with van der Waals surface area (Å²) in [7, 11) is -2.00. The number of rotatable bonds is 6. The molecule has 12 heteroatoms. The minimum absolute atomic E-state index is 0.0150. The molecule has 2 aliphatic heterocycles. The van der Waals surface area contributed by atoms with E-state index in [2.05, 4.69) is 27.5 Å². The standard InChI is InChI=1S/C27H29F3N4O4S/c1-37-24-15-18(39(2,35)36)7-8-22(24)31-12-3-6-21-23(16-27(28,29)30)34-13-4-5-19(25(34)32-21)20-9-10-26(33-20)11-14-38-17-26/h4-5,7-8,13,15,20,31,33H,9-12,14,16-17H2,1-2H3/t20-,26-/m0/s1. The minimum atomic E-state index is -4.44. The predicted molar refractivity (Wildman–Crippen MR) is 140 cm³/mol. The van der Waals surface area contributed by atoms with Gasteiger partial charge < -0.3 is 24.5 Å². The van der Waals surface area contributed by atoms with Crippen molar-refractivity contribution in [2.24, 2.45) is 0 Å². The second-order valence-corrected chi connectivity index (χ2v) is 12.0. The maximum absolute atomic E-state index is 13.6. The number of aromatic nitrogens is 2. The van der Waals surface area contributed by atoms with Crippen LogP contribution in [0.3, 0.4) is 0 Å². The van der Waals surface area contributed by atoms with Crippen LogP contribution < -0.4 is 15.4 Å². The number of anilines is 1. The molecule has 2 saturated heterocycles. The molecule has 0 amide bonds. The molecule has 1 aromatic carbocycles. The molecule has 2 aromatic heterocycles. The van der Waals surface area contributed by atoms with E-state index in [-0.39, 0.29) is 34.4 Å². The molecule has 2 N–H and O–H groups in total. The first-order valence-corrected chi connectivity index (χ1v) is 14.4. The SMILES string of the molecule is COc1cc(S(C)(=O)=O)ccc1NCC#Cc1nc2c([C@@H]3CC[C@@]4(CCOC4)N3)cccn2c1CC(F)(F)F. The highest BCUT2D eigenvalue weighted by molar-refractivity contribution is 7.90. The van der Waals surface area contributed by atoms with E-state index < -0.39 is 22.4 Å². The smallest absolute Gasteiger partial charge is 0.394 e. The zero-order valence-corrected chi connectivity index (χ0v) is 22.4. The summed E-state index contributed by atoms with van der Waals surface area (Å²) in [5.74, 6) is 5.97. The van der Waals surface area contributed by atoms with Gasteiger partial charge in [-0.3, -0.25) is 0 Å². The molecule has 0 radical (unpaired) electrons. The van der Waals surface area contributed by atoms with Gasteiger partial charge in [-0.25, -0.2) is 13.4 Å². The predicted octanol–water partition coefficient (Wildman–Crippen LogP) is 3.90. The Kier molecular flexibility index (Phi) is 7.26. The van der Waals surface area contributed by atoms with Crippen molar-refractivity contribution in [2.45, 2.75) is 48.3 Å². The van der Waals surface area contributed by atoms with Gasteiger partial charge in [-0.2, -0.15) is 13.2 Å². The van der Waals surface area contributed by atoms with Gasteiger partial charge >= 0.3 is 6.18 Å². The number of benzene rings is 1. The van der Waals surface area contributed by atoms with Gasteiger partial charge in [-0.1, -0.05) is 12.0 Å². The van der Waals surface area contributed by atoms with Crippen molar-refractivity contribution in [3.8, 4) is 17.6 Å². The Labute approximate surface area is 224 Å². The summed E-state index contributed by atoms with van der Waals surface area (Å²) < 4.78 is 76.6. The van der Waals surface area contributed by atoms with Crippen LogP contribution >= 0.6 is 0 Å². The van der Waals surface area contributed by atoms with Crippen molar-refractivity contribution in [3.05, 3.63) is 53.5 Å². The number of nitrogens with zero attached hydrogens (tertiary/aromatic N) is 2. The van der Waals surface area contributed by atoms with Crippen LogP contribution in [-0.2, 0) is 21.0 Å². The molecule has 0 aliphatic carbocycles. The summed E-state index contributed by atoms with van der Waals surface area (Å²) in [6, 6.07) is 8.00. The normalized spacial score (nSPS) is 21.3. The van der Waals surface area contributed by atoms with E-state index in [9.17, 15) is 21.6 Å². The molecule has 4 heterocycles. The highest BCUT2D eigenvalue weighted by Gasteiger charge is 2.42.